The normalized spacial score (nSPS) is 10.2. The molecule has 0 fully saturated rings. The summed E-state index contributed by atoms with van der Waals surface area (Å²) in [6.45, 7) is 2.47. The highest BCUT2D eigenvalue weighted by atomic mass is 127. The Morgan fingerprint density at radius 3 is 2.52 bits per heavy atom. The molecule has 110 valence electrons. The second-order valence-electron chi connectivity index (χ2n) is 4.77. The van der Waals surface area contributed by atoms with E-state index in [0.29, 0.717) is 11.0 Å². The van der Waals surface area contributed by atoms with E-state index in [0.717, 1.165) is 22.6 Å². The van der Waals surface area contributed by atoms with Gasteiger partial charge in [0, 0.05) is 18.3 Å². The molecule has 21 heavy (non-hydrogen) atoms. The standard InChI is InChI=1S/C17H18INO2/c1-13-7-3-6-10-16(13)21-12-14-8-4-5-9-15(14)19(2)17(20)11-18/h3-10H,11-12H2,1-2H3. The molecule has 1 amide bonds. The topological polar surface area (TPSA) is 29.5 Å². The fourth-order valence-corrected chi connectivity index (χ4v) is 2.57. The van der Waals surface area contributed by atoms with Gasteiger partial charge < -0.3 is 9.64 Å². The summed E-state index contributed by atoms with van der Waals surface area (Å²) in [5, 5.41) is 0. The lowest BCUT2D eigenvalue weighted by atomic mass is 10.1. The van der Waals surface area contributed by atoms with Crippen molar-refractivity contribution < 1.29 is 9.53 Å². The van der Waals surface area contributed by atoms with Gasteiger partial charge in [-0.3, -0.25) is 4.79 Å². The summed E-state index contributed by atoms with van der Waals surface area (Å²) in [6, 6.07) is 15.8. The van der Waals surface area contributed by atoms with E-state index in [9.17, 15) is 4.79 Å². The first kappa shape index (κ1) is 15.8. The van der Waals surface area contributed by atoms with Crippen molar-refractivity contribution in [3.05, 3.63) is 59.7 Å². The number of para-hydroxylation sites is 2. The molecule has 0 unspecified atom stereocenters. The molecule has 0 aliphatic heterocycles. The molecule has 0 spiro atoms. The number of rotatable bonds is 5. The predicted octanol–water partition coefficient (Wildman–Crippen LogP) is 3.97. The van der Waals surface area contributed by atoms with Gasteiger partial charge in [0.2, 0.25) is 5.91 Å². The number of halogens is 1. The summed E-state index contributed by atoms with van der Waals surface area (Å²) in [5.74, 6) is 0.953. The van der Waals surface area contributed by atoms with Crippen LogP contribution in [0.5, 0.6) is 5.75 Å². The summed E-state index contributed by atoms with van der Waals surface area (Å²) >= 11 is 2.08. The van der Waals surface area contributed by atoms with Crippen molar-refractivity contribution in [1.82, 2.24) is 0 Å². The average Bonchev–Trinajstić information content (AvgIpc) is 2.53. The van der Waals surface area contributed by atoms with E-state index in [2.05, 4.69) is 22.6 Å². The molecule has 0 aliphatic carbocycles. The molecule has 0 atom stereocenters. The first-order valence-corrected chi connectivity index (χ1v) is 8.25. The van der Waals surface area contributed by atoms with E-state index in [1.165, 1.54) is 0 Å². The van der Waals surface area contributed by atoms with Gasteiger partial charge in [-0.25, -0.2) is 0 Å². The van der Waals surface area contributed by atoms with Gasteiger partial charge in [-0.1, -0.05) is 59.0 Å². The minimum absolute atomic E-state index is 0.0824. The van der Waals surface area contributed by atoms with Gasteiger partial charge in [-0.15, -0.1) is 0 Å². The highest BCUT2D eigenvalue weighted by Crippen LogP contribution is 2.23. The minimum Gasteiger partial charge on any atom is -0.489 e. The highest BCUT2D eigenvalue weighted by Gasteiger charge is 2.13. The fraction of sp³-hybridized carbons (Fsp3) is 0.235. The second-order valence-corrected chi connectivity index (χ2v) is 5.53. The highest BCUT2D eigenvalue weighted by molar-refractivity contribution is 14.1. The van der Waals surface area contributed by atoms with Crippen molar-refractivity contribution in [2.75, 3.05) is 16.4 Å². The summed E-state index contributed by atoms with van der Waals surface area (Å²) in [5.41, 5.74) is 3.00. The van der Waals surface area contributed by atoms with Gasteiger partial charge in [0.05, 0.1) is 4.43 Å². The van der Waals surface area contributed by atoms with Crippen molar-refractivity contribution in [2.45, 2.75) is 13.5 Å². The van der Waals surface area contributed by atoms with Crippen LogP contribution in [0.4, 0.5) is 5.69 Å². The zero-order valence-electron chi connectivity index (χ0n) is 12.2. The summed E-state index contributed by atoms with van der Waals surface area (Å²) in [7, 11) is 1.80. The maximum absolute atomic E-state index is 11.9. The van der Waals surface area contributed by atoms with Crippen LogP contribution >= 0.6 is 22.6 Å². The minimum atomic E-state index is 0.0824. The van der Waals surface area contributed by atoms with Crippen LogP contribution in [0.3, 0.4) is 0 Å². The zero-order valence-corrected chi connectivity index (χ0v) is 14.3. The van der Waals surface area contributed by atoms with Gasteiger partial charge >= 0.3 is 0 Å². The predicted molar refractivity (Wildman–Crippen MR) is 94.3 cm³/mol. The van der Waals surface area contributed by atoms with Crippen LogP contribution in [-0.2, 0) is 11.4 Å². The molecule has 2 aromatic carbocycles. The lowest BCUT2D eigenvalue weighted by Gasteiger charge is -2.20. The fourth-order valence-electron chi connectivity index (χ4n) is 2.06. The SMILES string of the molecule is Cc1ccccc1OCc1ccccc1N(C)C(=O)CI. The van der Waals surface area contributed by atoms with Crippen LogP contribution in [0.15, 0.2) is 48.5 Å². The molecule has 2 rings (SSSR count). The third-order valence-electron chi connectivity index (χ3n) is 3.32. The van der Waals surface area contributed by atoms with E-state index in [-0.39, 0.29) is 5.91 Å². The monoisotopic (exact) mass is 395 g/mol. The van der Waals surface area contributed by atoms with Crippen LogP contribution < -0.4 is 9.64 Å². The third kappa shape index (κ3) is 3.97. The zero-order chi connectivity index (χ0) is 15.2. The van der Waals surface area contributed by atoms with Gasteiger partial charge in [0.1, 0.15) is 12.4 Å². The van der Waals surface area contributed by atoms with Crippen molar-refractivity contribution in [1.29, 1.82) is 0 Å². The van der Waals surface area contributed by atoms with Gasteiger partial charge in [-0.05, 0) is 24.6 Å². The maximum atomic E-state index is 11.9. The average molecular weight is 395 g/mol. The van der Waals surface area contributed by atoms with Crippen molar-refractivity contribution in [3.8, 4) is 5.75 Å². The van der Waals surface area contributed by atoms with E-state index in [4.69, 9.17) is 4.74 Å². The van der Waals surface area contributed by atoms with Crippen LogP contribution in [0.2, 0.25) is 0 Å². The number of nitrogens with zero attached hydrogens (tertiary/aromatic N) is 1. The molecule has 4 heteroatoms. The van der Waals surface area contributed by atoms with Gasteiger partial charge in [0.15, 0.2) is 0 Å². The largest absolute Gasteiger partial charge is 0.489 e. The molecule has 3 nitrogen and oxygen atoms in total. The number of amides is 1. The number of carbonyl (C=O) groups excluding carboxylic acids is 1. The smallest absolute Gasteiger partial charge is 0.236 e. The Balaban J connectivity index is 2.17. The molecular formula is C17H18INO2. The maximum Gasteiger partial charge on any atom is 0.236 e. The van der Waals surface area contributed by atoms with E-state index in [1.54, 1.807) is 11.9 Å². The summed E-state index contributed by atoms with van der Waals surface area (Å²) < 4.78 is 6.35. The van der Waals surface area contributed by atoms with Crippen LogP contribution in [-0.4, -0.2) is 17.4 Å². The second kappa shape index (κ2) is 7.45. The molecule has 0 saturated heterocycles. The van der Waals surface area contributed by atoms with Crippen LogP contribution in [0.25, 0.3) is 0 Å². The quantitative estimate of drug-likeness (QED) is 0.567. The first-order valence-electron chi connectivity index (χ1n) is 6.72. The summed E-state index contributed by atoms with van der Waals surface area (Å²) in [4.78, 5) is 13.6. The number of benzene rings is 2. The lowest BCUT2D eigenvalue weighted by Crippen LogP contribution is -2.28. The van der Waals surface area contributed by atoms with E-state index < -0.39 is 0 Å². The van der Waals surface area contributed by atoms with Gasteiger partial charge in [-0.2, -0.15) is 0 Å². The molecule has 0 aliphatic rings. The Morgan fingerprint density at radius 2 is 1.81 bits per heavy atom. The van der Waals surface area contributed by atoms with Crippen molar-refractivity contribution >= 4 is 34.2 Å². The van der Waals surface area contributed by atoms with Crippen LogP contribution in [0, 0.1) is 6.92 Å². The number of hydrogen-bond acceptors (Lipinski definition) is 2. The van der Waals surface area contributed by atoms with Crippen molar-refractivity contribution in [2.24, 2.45) is 0 Å². The molecule has 0 saturated carbocycles. The lowest BCUT2D eigenvalue weighted by molar-refractivity contribution is -0.115. The molecule has 0 heterocycles. The Labute approximate surface area is 139 Å². The first-order chi connectivity index (χ1) is 10.1. The molecule has 0 bridgehead atoms. The Kier molecular flexibility index (Phi) is 5.61. The van der Waals surface area contributed by atoms with E-state index >= 15 is 0 Å². The molecule has 0 aromatic heterocycles. The number of ether oxygens (including phenoxy) is 1. The van der Waals surface area contributed by atoms with Crippen LogP contribution in [0.1, 0.15) is 11.1 Å². The molecule has 0 N–H and O–H groups in total. The van der Waals surface area contributed by atoms with E-state index in [1.807, 2.05) is 55.5 Å². The number of alkyl halides is 1. The Hall–Kier alpha value is -1.56. The Bertz CT molecular complexity index is 628. The van der Waals surface area contributed by atoms with Gasteiger partial charge in [0.25, 0.3) is 0 Å². The summed E-state index contributed by atoms with van der Waals surface area (Å²) in [6.07, 6.45) is 0. The number of anilines is 1. The number of hydrogen-bond donors (Lipinski definition) is 0. The number of carbonyl (C=O) groups is 1. The third-order valence-corrected chi connectivity index (χ3v) is 3.97. The Morgan fingerprint density at radius 1 is 1.14 bits per heavy atom. The molecular weight excluding hydrogens is 377 g/mol. The number of aryl methyl sites for hydroxylation is 1. The molecule has 2 aromatic rings. The van der Waals surface area contributed by atoms with Crippen molar-refractivity contribution in [3.63, 3.8) is 0 Å². The molecule has 0 radical (unpaired) electrons.